The first-order valence-corrected chi connectivity index (χ1v) is 14.2. The molecular formula is C31H44F3N3O2. The van der Waals surface area contributed by atoms with E-state index in [-0.39, 0.29) is 17.5 Å². The number of halogens is 3. The molecule has 5 nitrogen and oxygen atoms in total. The smallest absolute Gasteiger partial charge is 0.416 e. The molecule has 2 aromatic carbocycles. The third kappa shape index (κ3) is 8.21. The number of hydrogen-bond acceptors (Lipinski definition) is 4. The molecule has 1 heterocycles. The Morgan fingerprint density at radius 3 is 2.10 bits per heavy atom. The lowest BCUT2D eigenvalue weighted by molar-refractivity contribution is -0.137. The maximum absolute atomic E-state index is 12.9. The van der Waals surface area contributed by atoms with Gasteiger partial charge in [0.2, 0.25) is 0 Å². The van der Waals surface area contributed by atoms with Crippen LogP contribution in [0.2, 0.25) is 0 Å². The summed E-state index contributed by atoms with van der Waals surface area (Å²) in [6, 6.07) is 8.88. The fraction of sp³-hybridized carbons (Fsp3) is 0.581. The van der Waals surface area contributed by atoms with Gasteiger partial charge in [-0.15, -0.1) is 0 Å². The van der Waals surface area contributed by atoms with E-state index in [2.05, 4.69) is 56.6 Å². The van der Waals surface area contributed by atoms with Crippen molar-refractivity contribution in [3.8, 4) is 5.75 Å². The maximum Gasteiger partial charge on any atom is 0.416 e. The molecule has 1 aliphatic heterocycles. The molecule has 1 atom stereocenters. The predicted octanol–water partition coefficient (Wildman–Crippen LogP) is 6.73. The minimum absolute atomic E-state index is 0.178. The van der Waals surface area contributed by atoms with Gasteiger partial charge in [-0.05, 0) is 100 Å². The first-order valence-electron chi connectivity index (χ1n) is 14.2. The summed E-state index contributed by atoms with van der Waals surface area (Å²) < 4.78 is 44.7. The van der Waals surface area contributed by atoms with Crippen LogP contribution in [0.4, 0.5) is 13.2 Å². The fourth-order valence-electron chi connectivity index (χ4n) is 5.36. The van der Waals surface area contributed by atoms with Crippen LogP contribution in [-0.2, 0) is 6.18 Å². The Kier molecular flexibility index (Phi) is 11.2. The number of piperazine rings is 1. The number of carbonyl (C=O) groups is 1. The number of nitrogens with zero attached hydrogens (tertiary/aromatic N) is 3. The van der Waals surface area contributed by atoms with Gasteiger partial charge in [-0.3, -0.25) is 9.69 Å². The van der Waals surface area contributed by atoms with Gasteiger partial charge in [0.15, 0.2) is 0 Å². The summed E-state index contributed by atoms with van der Waals surface area (Å²) in [5.74, 6) is 0.713. The van der Waals surface area contributed by atoms with Gasteiger partial charge in [-0.1, -0.05) is 19.9 Å². The van der Waals surface area contributed by atoms with Crippen LogP contribution in [0.15, 0.2) is 36.4 Å². The molecule has 0 aliphatic carbocycles. The number of rotatable bonds is 12. The molecule has 0 N–H and O–H groups in total. The van der Waals surface area contributed by atoms with E-state index in [1.807, 2.05) is 0 Å². The maximum atomic E-state index is 12.9. The van der Waals surface area contributed by atoms with Crippen LogP contribution in [0.25, 0.3) is 0 Å². The summed E-state index contributed by atoms with van der Waals surface area (Å²) in [5, 5.41) is 0. The molecular weight excluding hydrogens is 503 g/mol. The quantitative estimate of drug-likeness (QED) is 0.276. The van der Waals surface area contributed by atoms with Crippen molar-refractivity contribution in [2.24, 2.45) is 0 Å². The van der Waals surface area contributed by atoms with Crippen LogP contribution >= 0.6 is 0 Å². The molecule has 39 heavy (non-hydrogen) atoms. The molecule has 0 bridgehead atoms. The second-order valence-corrected chi connectivity index (χ2v) is 10.5. The third-order valence-electron chi connectivity index (χ3n) is 7.79. The number of ether oxygens (including phenoxy) is 1. The van der Waals surface area contributed by atoms with Crippen LogP contribution in [0.1, 0.15) is 78.7 Å². The van der Waals surface area contributed by atoms with Crippen LogP contribution in [0.3, 0.4) is 0 Å². The molecule has 216 valence electrons. The summed E-state index contributed by atoms with van der Waals surface area (Å²) in [6.45, 7) is 17.4. The van der Waals surface area contributed by atoms with Crippen molar-refractivity contribution in [3.05, 3.63) is 64.2 Å². The van der Waals surface area contributed by atoms with Crippen LogP contribution in [0, 0.1) is 13.8 Å². The zero-order valence-corrected chi connectivity index (χ0v) is 24.1. The number of hydrogen-bond donors (Lipinski definition) is 0. The highest BCUT2D eigenvalue weighted by molar-refractivity contribution is 5.94. The standard InChI is InChI=1S/C31H44F3N3O2/c1-6-15-35(16-7-2)17-8-22-39-29-14-13-28(23(3)24(29)4)25(5)36-18-20-37(21-19-36)30(38)26-9-11-27(12-10-26)31(32,33)34/h9-14,25H,6-8,15-22H2,1-5H3. The van der Waals surface area contributed by atoms with Crippen molar-refractivity contribution < 1.29 is 22.7 Å². The molecule has 1 aliphatic rings. The lowest BCUT2D eigenvalue weighted by Crippen LogP contribution is -2.49. The van der Waals surface area contributed by atoms with E-state index in [1.54, 1.807) is 4.90 Å². The van der Waals surface area contributed by atoms with Gasteiger partial charge in [0.25, 0.3) is 5.91 Å². The van der Waals surface area contributed by atoms with E-state index in [4.69, 9.17) is 4.74 Å². The summed E-state index contributed by atoms with van der Waals surface area (Å²) in [5.41, 5.74) is 3.18. The first-order chi connectivity index (χ1) is 18.6. The number of amides is 1. The van der Waals surface area contributed by atoms with Crippen molar-refractivity contribution in [3.63, 3.8) is 0 Å². The van der Waals surface area contributed by atoms with Crippen molar-refractivity contribution in [2.75, 3.05) is 52.4 Å². The molecule has 2 aromatic rings. The average Bonchev–Trinajstić information content (AvgIpc) is 2.92. The molecule has 0 aromatic heterocycles. The second kappa shape index (κ2) is 14.2. The Morgan fingerprint density at radius 1 is 0.923 bits per heavy atom. The van der Waals surface area contributed by atoms with Crippen LogP contribution in [0.5, 0.6) is 5.75 Å². The molecule has 0 saturated carbocycles. The highest BCUT2D eigenvalue weighted by Gasteiger charge is 2.31. The number of carbonyl (C=O) groups excluding carboxylic acids is 1. The SMILES string of the molecule is CCCN(CCC)CCCOc1ccc(C(C)N2CCN(C(=O)c3ccc(C(F)(F)F)cc3)CC2)c(C)c1C. The third-order valence-corrected chi connectivity index (χ3v) is 7.79. The van der Waals surface area contributed by atoms with E-state index in [0.29, 0.717) is 32.8 Å². The monoisotopic (exact) mass is 547 g/mol. The van der Waals surface area contributed by atoms with Crippen molar-refractivity contribution >= 4 is 5.91 Å². The van der Waals surface area contributed by atoms with E-state index in [1.165, 1.54) is 36.1 Å². The van der Waals surface area contributed by atoms with Crippen LogP contribution in [-0.4, -0.2) is 73.0 Å². The van der Waals surface area contributed by atoms with Crippen LogP contribution < -0.4 is 4.74 Å². The average molecular weight is 548 g/mol. The molecule has 0 spiro atoms. The molecule has 0 radical (unpaired) electrons. The Morgan fingerprint density at radius 2 is 1.54 bits per heavy atom. The van der Waals surface area contributed by atoms with Crippen molar-refractivity contribution in [1.82, 2.24) is 14.7 Å². The number of benzene rings is 2. The zero-order chi connectivity index (χ0) is 28.6. The molecule has 3 rings (SSSR count). The van der Waals surface area contributed by atoms with Gasteiger partial charge in [0.1, 0.15) is 5.75 Å². The first kappa shape index (κ1) is 31.0. The lowest BCUT2D eigenvalue weighted by Gasteiger charge is -2.39. The van der Waals surface area contributed by atoms with Gasteiger partial charge in [-0.25, -0.2) is 0 Å². The lowest BCUT2D eigenvalue weighted by atomic mass is 9.96. The van der Waals surface area contributed by atoms with Gasteiger partial charge < -0.3 is 14.5 Å². The molecule has 1 fully saturated rings. The molecule has 1 saturated heterocycles. The van der Waals surface area contributed by atoms with Gasteiger partial charge in [0.05, 0.1) is 12.2 Å². The summed E-state index contributed by atoms with van der Waals surface area (Å²) in [6.07, 6.45) is -1.06. The molecule has 1 unspecified atom stereocenters. The molecule has 1 amide bonds. The molecule has 8 heteroatoms. The summed E-state index contributed by atoms with van der Waals surface area (Å²) in [4.78, 5) is 19.4. The van der Waals surface area contributed by atoms with E-state index in [9.17, 15) is 18.0 Å². The minimum atomic E-state index is -4.41. The van der Waals surface area contributed by atoms with E-state index < -0.39 is 11.7 Å². The Labute approximate surface area is 231 Å². The van der Waals surface area contributed by atoms with E-state index >= 15 is 0 Å². The van der Waals surface area contributed by atoms with E-state index in [0.717, 1.165) is 49.5 Å². The highest BCUT2D eigenvalue weighted by Crippen LogP contribution is 2.32. The zero-order valence-electron chi connectivity index (χ0n) is 24.1. The Hall–Kier alpha value is -2.58. The Bertz CT molecular complexity index is 1060. The predicted molar refractivity (Wildman–Crippen MR) is 150 cm³/mol. The van der Waals surface area contributed by atoms with Gasteiger partial charge in [0, 0.05) is 44.3 Å². The highest BCUT2D eigenvalue weighted by atomic mass is 19.4. The van der Waals surface area contributed by atoms with Gasteiger partial charge in [-0.2, -0.15) is 13.2 Å². The summed E-state index contributed by atoms with van der Waals surface area (Å²) >= 11 is 0. The van der Waals surface area contributed by atoms with Crippen molar-refractivity contribution in [1.29, 1.82) is 0 Å². The fourth-order valence-corrected chi connectivity index (χ4v) is 5.36. The van der Waals surface area contributed by atoms with Gasteiger partial charge >= 0.3 is 6.18 Å². The topological polar surface area (TPSA) is 36.0 Å². The number of alkyl halides is 3. The Balaban J connectivity index is 1.53. The largest absolute Gasteiger partial charge is 0.493 e. The normalized spacial score (nSPS) is 15.6. The second-order valence-electron chi connectivity index (χ2n) is 10.5. The summed E-state index contributed by atoms with van der Waals surface area (Å²) in [7, 11) is 0. The van der Waals surface area contributed by atoms with Crippen molar-refractivity contribution in [2.45, 2.75) is 66.1 Å². The minimum Gasteiger partial charge on any atom is -0.493 e.